The molecule has 2 amide bonds. The van der Waals surface area contributed by atoms with E-state index in [1.165, 1.54) is 57.8 Å². The maximum atomic E-state index is 11.3. The van der Waals surface area contributed by atoms with Gasteiger partial charge in [0.1, 0.15) is 0 Å². The zero-order valence-corrected chi connectivity index (χ0v) is 13.1. The van der Waals surface area contributed by atoms with Gasteiger partial charge in [-0.2, -0.15) is 0 Å². The molecule has 2 N–H and O–H groups in total. The smallest absolute Gasteiger partial charge is 0.314 e. The average Bonchev–Trinajstić information content (AvgIpc) is 2.39. The number of hydrogen-bond acceptors (Lipinski definition) is 1. The Kier molecular flexibility index (Phi) is 13.2. The van der Waals surface area contributed by atoms with Crippen molar-refractivity contribution in [1.29, 1.82) is 0 Å². The first-order valence-corrected chi connectivity index (χ1v) is 8.26. The molecule has 0 unspecified atom stereocenters. The van der Waals surface area contributed by atoms with E-state index in [-0.39, 0.29) is 6.03 Å². The Labute approximate surface area is 119 Å². The molecule has 0 aliphatic heterocycles. The van der Waals surface area contributed by atoms with Crippen molar-refractivity contribution in [2.45, 2.75) is 84.5 Å². The maximum absolute atomic E-state index is 11.3. The van der Waals surface area contributed by atoms with Gasteiger partial charge >= 0.3 is 6.03 Å². The molecule has 0 aliphatic rings. The second kappa shape index (κ2) is 13.7. The number of primary amides is 1. The molecule has 0 aromatic heterocycles. The molecule has 0 spiro atoms. The van der Waals surface area contributed by atoms with E-state index in [9.17, 15) is 4.79 Å². The third-order valence-corrected chi connectivity index (χ3v) is 3.62. The van der Waals surface area contributed by atoms with Crippen molar-refractivity contribution < 1.29 is 4.79 Å². The van der Waals surface area contributed by atoms with E-state index < -0.39 is 0 Å². The number of amides is 2. The normalized spacial score (nSPS) is 10.6. The van der Waals surface area contributed by atoms with Gasteiger partial charge in [-0.15, -0.1) is 0 Å². The molecule has 0 aliphatic carbocycles. The summed E-state index contributed by atoms with van der Waals surface area (Å²) in [5.41, 5.74) is 5.42. The number of carbonyl (C=O) groups excluding carboxylic acids is 1. The monoisotopic (exact) mass is 270 g/mol. The van der Waals surface area contributed by atoms with E-state index in [2.05, 4.69) is 13.8 Å². The summed E-state index contributed by atoms with van der Waals surface area (Å²) in [6.07, 6.45) is 13.7. The van der Waals surface area contributed by atoms with Gasteiger partial charge in [-0.3, -0.25) is 0 Å². The predicted octanol–water partition coefficient (Wildman–Crippen LogP) is 4.70. The summed E-state index contributed by atoms with van der Waals surface area (Å²) in [5.74, 6) is 0. The number of hydrogen-bond donors (Lipinski definition) is 1. The lowest BCUT2D eigenvalue weighted by Crippen LogP contribution is -2.37. The molecule has 0 atom stereocenters. The van der Waals surface area contributed by atoms with Crippen LogP contribution in [0.5, 0.6) is 0 Å². The standard InChI is InChI=1S/C16H34N2O/c1-3-5-7-9-10-11-13-15-18(16(17)19)14-12-8-6-4-2/h3-15H2,1-2H3,(H2,17,19). The van der Waals surface area contributed by atoms with Gasteiger partial charge in [-0.1, -0.05) is 71.6 Å². The first-order valence-electron chi connectivity index (χ1n) is 8.26. The molecule has 0 rings (SSSR count). The quantitative estimate of drug-likeness (QED) is 0.484. The summed E-state index contributed by atoms with van der Waals surface area (Å²) in [6.45, 7) is 6.12. The Morgan fingerprint density at radius 3 is 1.53 bits per heavy atom. The first-order chi connectivity index (χ1) is 9.22. The van der Waals surface area contributed by atoms with Gasteiger partial charge < -0.3 is 10.6 Å². The molecule has 0 bridgehead atoms. The van der Waals surface area contributed by atoms with Crippen molar-refractivity contribution in [2.24, 2.45) is 5.73 Å². The minimum absolute atomic E-state index is 0.248. The number of unbranched alkanes of at least 4 members (excludes halogenated alkanes) is 9. The molecule has 0 aromatic carbocycles. The molecular formula is C16H34N2O. The van der Waals surface area contributed by atoms with Gasteiger partial charge in [0, 0.05) is 13.1 Å². The second-order valence-electron chi connectivity index (χ2n) is 5.51. The number of carbonyl (C=O) groups is 1. The van der Waals surface area contributed by atoms with E-state index in [0.717, 1.165) is 25.9 Å². The SMILES string of the molecule is CCCCCCCCCN(CCCCCC)C(N)=O. The maximum Gasteiger partial charge on any atom is 0.314 e. The highest BCUT2D eigenvalue weighted by molar-refractivity contribution is 5.71. The van der Waals surface area contributed by atoms with Crippen LogP contribution in [0.3, 0.4) is 0 Å². The molecule has 0 aromatic rings. The fraction of sp³-hybridized carbons (Fsp3) is 0.938. The van der Waals surface area contributed by atoms with Crippen LogP contribution in [0.2, 0.25) is 0 Å². The molecule has 114 valence electrons. The lowest BCUT2D eigenvalue weighted by molar-refractivity contribution is 0.205. The fourth-order valence-electron chi connectivity index (χ4n) is 2.32. The van der Waals surface area contributed by atoms with Gasteiger partial charge in [0.2, 0.25) is 0 Å². The predicted molar refractivity (Wildman–Crippen MR) is 83.3 cm³/mol. The van der Waals surface area contributed by atoms with Crippen molar-refractivity contribution in [1.82, 2.24) is 4.90 Å². The molecule has 0 fully saturated rings. The highest BCUT2D eigenvalue weighted by atomic mass is 16.2. The molecule has 3 heteroatoms. The summed E-state index contributed by atoms with van der Waals surface area (Å²) in [5, 5.41) is 0. The van der Waals surface area contributed by atoms with E-state index in [4.69, 9.17) is 5.73 Å². The summed E-state index contributed by atoms with van der Waals surface area (Å²) < 4.78 is 0. The topological polar surface area (TPSA) is 46.3 Å². The number of nitrogens with zero attached hydrogens (tertiary/aromatic N) is 1. The number of nitrogens with two attached hydrogens (primary N) is 1. The highest BCUT2D eigenvalue weighted by Gasteiger charge is 2.08. The van der Waals surface area contributed by atoms with Gasteiger partial charge in [0.25, 0.3) is 0 Å². The van der Waals surface area contributed by atoms with E-state index >= 15 is 0 Å². The van der Waals surface area contributed by atoms with Crippen LogP contribution in [-0.4, -0.2) is 24.0 Å². The Morgan fingerprint density at radius 1 is 0.737 bits per heavy atom. The zero-order valence-electron chi connectivity index (χ0n) is 13.1. The average molecular weight is 270 g/mol. The van der Waals surface area contributed by atoms with Crippen molar-refractivity contribution >= 4 is 6.03 Å². The highest BCUT2D eigenvalue weighted by Crippen LogP contribution is 2.08. The van der Waals surface area contributed by atoms with Crippen LogP contribution in [0.25, 0.3) is 0 Å². The summed E-state index contributed by atoms with van der Waals surface area (Å²) in [4.78, 5) is 13.1. The van der Waals surface area contributed by atoms with Crippen LogP contribution < -0.4 is 5.73 Å². The minimum atomic E-state index is -0.248. The van der Waals surface area contributed by atoms with Crippen molar-refractivity contribution in [2.75, 3.05) is 13.1 Å². The lowest BCUT2D eigenvalue weighted by Gasteiger charge is -2.20. The molecular weight excluding hydrogens is 236 g/mol. The lowest BCUT2D eigenvalue weighted by atomic mass is 10.1. The Morgan fingerprint density at radius 2 is 1.11 bits per heavy atom. The molecule has 0 radical (unpaired) electrons. The van der Waals surface area contributed by atoms with Crippen LogP contribution >= 0.6 is 0 Å². The Bertz CT molecular complexity index is 207. The third kappa shape index (κ3) is 12.1. The summed E-state index contributed by atoms with van der Waals surface area (Å²) >= 11 is 0. The van der Waals surface area contributed by atoms with Gasteiger partial charge in [-0.05, 0) is 12.8 Å². The number of rotatable bonds is 13. The molecule has 0 heterocycles. The van der Waals surface area contributed by atoms with Crippen LogP contribution in [0.4, 0.5) is 4.79 Å². The van der Waals surface area contributed by atoms with E-state index in [1.54, 1.807) is 0 Å². The first kappa shape index (κ1) is 18.3. The Hall–Kier alpha value is -0.730. The van der Waals surface area contributed by atoms with Gasteiger partial charge in [0.05, 0.1) is 0 Å². The van der Waals surface area contributed by atoms with Crippen LogP contribution in [0, 0.1) is 0 Å². The summed E-state index contributed by atoms with van der Waals surface area (Å²) in [6, 6.07) is -0.248. The molecule has 3 nitrogen and oxygen atoms in total. The van der Waals surface area contributed by atoms with Gasteiger partial charge in [-0.25, -0.2) is 4.79 Å². The number of urea groups is 1. The van der Waals surface area contributed by atoms with Crippen LogP contribution in [-0.2, 0) is 0 Å². The van der Waals surface area contributed by atoms with Crippen LogP contribution in [0.15, 0.2) is 0 Å². The summed E-state index contributed by atoms with van der Waals surface area (Å²) in [7, 11) is 0. The van der Waals surface area contributed by atoms with Gasteiger partial charge in [0.15, 0.2) is 0 Å². The minimum Gasteiger partial charge on any atom is -0.351 e. The largest absolute Gasteiger partial charge is 0.351 e. The Balaban J connectivity index is 3.51. The molecule has 0 saturated heterocycles. The van der Waals surface area contributed by atoms with E-state index in [0.29, 0.717) is 0 Å². The molecule has 0 saturated carbocycles. The van der Waals surface area contributed by atoms with Crippen molar-refractivity contribution in [3.63, 3.8) is 0 Å². The zero-order chi connectivity index (χ0) is 14.3. The second-order valence-corrected chi connectivity index (χ2v) is 5.51. The van der Waals surface area contributed by atoms with E-state index in [1.807, 2.05) is 4.90 Å². The van der Waals surface area contributed by atoms with Crippen molar-refractivity contribution in [3.8, 4) is 0 Å². The molecule has 19 heavy (non-hydrogen) atoms. The van der Waals surface area contributed by atoms with Crippen LogP contribution in [0.1, 0.15) is 84.5 Å². The van der Waals surface area contributed by atoms with Crippen molar-refractivity contribution in [3.05, 3.63) is 0 Å². The fourth-order valence-corrected chi connectivity index (χ4v) is 2.32. The third-order valence-electron chi connectivity index (χ3n) is 3.62.